The van der Waals surface area contributed by atoms with Crippen LogP contribution in [-0.2, 0) is 6.54 Å². The number of nitrogens with one attached hydrogen (secondary N) is 1. The molecular formula is C25H19N7O. The Morgan fingerprint density at radius 3 is 2.33 bits per heavy atom. The molecule has 2 aromatic carbocycles. The first-order valence-electron chi connectivity index (χ1n) is 10.3. The largest absolute Gasteiger partial charge is 0.364 e. The van der Waals surface area contributed by atoms with Gasteiger partial charge in [0.1, 0.15) is 5.82 Å². The van der Waals surface area contributed by atoms with E-state index in [4.69, 9.17) is 15.7 Å². The molecule has 160 valence electrons. The first kappa shape index (κ1) is 20.2. The van der Waals surface area contributed by atoms with Gasteiger partial charge in [-0.05, 0) is 29.3 Å². The zero-order chi connectivity index (χ0) is 22.6. The minimum atomic E-state index is -0.689. The van der Waals surface area contributed by atoms with Gasteiger partial charge in [-0.1, -0.05) is 48.5 Å². The molecule has 1 amide bonds. The van der Waals surface area contributed by atoms with Crippen LogP contribution in [0.25, 0.3) is 33.4 Å². The number of amides is 1. The lowest BCUT2D eigenvalue weighted by Crippen LogP contribution is -2.15. The highest BCUT2D eigenvalue weighted by Crippen LogP contribution is 2.34. The van der Waals surface area contributed by atoms with Gasteiger partial charge >= 0.3 is 0 Å². The summed E-state index contributed by atoms with van der Waals surface area (Å²) >= 11 is 0. The number of primary amides is 1. The fourth-order valence-corrected chi connectivity index (χ4v) is 3.55. The van der Waals surface area contributed by atoms with Gasteiger partial charge in [-0.2, -0.15) is 0 Å². The van der Waals surface area contributed by atoms with Gasteiger partial charge < -0.3 is 11.1 Å². The van der Waals surface area contributed by atoms with Crippen LogP contribution in [0.15, 0.2) is 85.3 Å². The second-order valence-electron chi connectivity index (χ2n) is 7.30. The predicted octanol–water partition coefficient (Wildman–Crippen LogP) is 3.86. The molecule has 0 aliphatic rings. The van der Waals surface area contributed by atoms with Gasteiger partial charge in [-0.25, -0.2) is 19.9 Å². The van der Waals surface area contributed by atoms with Gasteiger partial charge in [-0.15, -0.1) is 0 Å². The summed E-state index contributed by atoms with van der Waals surface area (Å²) in [5.74, 6) is 0.358. The minimum Gasteiger partial charge on any atom is -0.364 e. The van der Waals surface area contributed by atoms with Gasteiger partial charge in [-0.3, -0.25) is 9.78 Å². The summed E-state index contributed by atoms with van der Waals surface area (Å²) in [6.07, 6.45) is 4.75. The highest BCUT2D eigenvalue weighted by atomic mass is 16.1. The van der Waals surface area contributed by atoms with Gasteiger partial charge in [0.15, 0.2) is 5.82 Å². The second-order valence-corrected chi connectivity index (χ2v) is 7.30. The second kappa shape index (κ2) is 8.80. The maximum absolute atomic E-state index is 11.3. The number of nitrogens with zero attached hydrogens (tertiary/aromatic N) is 5. The first-order chi connectivity index (χ1) is 16.2. The Bertz CT molecular complexity index is 1420. The van der Waals surface area contributed by atoms with Crippen LogP contribution in [0, 0.1) is 0 Å². The highest BCUT2D eigenvalue weighted by molar-refractivity contribution is 6.02. The normalized spacial score (nSPS) is 10.8. The number of carbonyl (C=O) groups is 1. The van der Waals surface area contributed by atoms with Crippen molar-refractivity contribution in [3.05, 3.63) is 96.8 Å². The number of carbonyl (C=O) groups excluding carboxylic acids is 1. The third-order valence-electron chi connectivity index (χ3n) is 5.10. The first-order valence-corrected chi connectivity index (χ1v) is 10.3. The molecule has 0 spiro atoms. The van der Waals surface area contributed by atoms with Crippen molar-refractivity contribution < 1.29 is 4.79 Å². The number of aromatic nitrogens is 5. The maximum Gasteiger partial charge on any atom is 0.286 e. The number of hydrogen-bond acceptors (Lipinski definition) is 7. The lowest BCUT2D eigenvalue weighted by atomic mass is 10.0. The molecule has 5 aromatic rings. The molecule has 3 aromatic heterocycles. The third-order valence-corrected chi connectivity index (χ3v) is 5.10. The molecule has 3 N–H and O–H groups in total. The molecule has 0 radical (unpaired) electrons. The Morgan fingerprint density at radius 1 is 0.818 bits per heavy atom. The summed E-state index contributed by atoms with van der Waals surface area (Å²) in [5, 5.41) is 4.33. The van der Waals surface area contributed by atoms with E-state index in [0.29, 0.717) is 23.8 Å². The van der Waals surface area contributed by atoms with Gasteiger partial charge in [0.05, 0.1) is 28.7 Å². The van der Waals surface area contributed by atoms with Crippen LogP contribution in [0.2, 0.25) is 0 Å². The van der Waals surface area contributed by atoms with Crippen molar-refractivity contribution in [3.8, 4) is 22.5 Å². The van der Waals surface area contributed by atoms with Crippen LogP contribution >= 0.6 is 0 Å². The van der Waals surface area contributed by atoms with Crippen LogP contribution in [0.5, 0.6) is 0 Å². The van der Waals surface area contributed by atoms with Crippen molar-refractivity contribution in [2.75, 3.05) is 5.32 Å². The van der Waals surface area contributed by atoms with Crippen molar-refractivity contribution >= 4 is 22.6 Å². The van der Waals surface area contributed by atoms with Crippen LogP contribution in [0.3, 0.4) is 0 Å². The van der Waals surface area contributed by atoms with Crippen molar-refractivity contribution in [2.24, 2.45) is 5.73 Å². The molecule has 5 rings (SSSR count). The summed E-state index contributed by atoms with van der Waals surface area (Å²) in [7, 11) is 0. The fourth-order valence-electron chi connectivity index (χ4n) is 3.55. The molecule has 33 heavy (non-hydrogen) atoms. The van der Waals surface area contributed by atoms with E-state index in [0.717, 1.165) is 27.7 Å². The van der Waals surface area contributed by atoms with Gasteiger partial charge in [0.2, 0.25) is 5.82 Å². The topological polar surface area (TPSA) is 120 Å². The van der Waals surface area contributed by atoms with Crippen LogP contribution in [0.4, 0.5) is 5.82 Å². The van der Waals surface area contributed by atoms with Gasteiger partial charge in [0.25, 0.3) is 5.91 Å². The maximum atomic E-state index is 11.3. The smallest absolute Gasteiger partial charge is 0.286 e. The highest BCUT2D eigenvalue weighted by Gasteiger charge is 2.15. The quantitative estimate of drug-likeness (QED) is 0.417. The molecular weight excluding hydrogens is 414 g/mol. The molecule has 0 unspecified atom stereocenters. The molecule has 0 saturated heterocycles. The Balaban J connectivity index is 1.65. The molecule has 8 heteroatoms. The Labute approximate surface area is 189 Å². The number of nitrogens with two attached hydrogens (primary N) is 1. The van der Waals surface area contributed by atoms with E-state index < -0.39 is 5.91 Å². The van der Waals surface area contributed by atoms with E-state index in [2.05, 4.69) is 38.5 Å². The molecule has 0 atom stereocenters. The molecule has 0 aliphatic heterocycles. The third kappa shape index (κ3) is 4.22. The SMILES string of the molecule is NC(=O)c1ncc(-c2nc(NCc3ccccn3)c3c(-c4ccccc4)cccc3n2)cn1. The number of anilines is 1. The average Bonchev–Trinajstić information content (AvgIpc) is 2.88. The number of fused-ring (bicyclic) bond motifs is 1. The minimum absolute atomic E-state index is 0.0561. The molecule has 0 saturated carbocycles. The van der Waals surface area contributed by atoms with Crippen LogP contribution in [0.1, 0.15) is 16.3 Å². The van der Waals surface area contributed by atoms with Gasteiger partial charge in [0, 0.05) is 18.6 Å². The van der Waals surface area contributed by atoms with Crippen molar-refractivity contribution in [2.45, 2.75) is 6.54 Å². The van der Waals surface area contributed by atoms with E-state index in [-0.39, 0.29) is 5.82 Å². The Morgan fingerprint density at radius 2 is 1.61 bits per heavy atom. The van der Waals surface area contributed by atoms with Crippen molar-refractivity contribution in [1.29, 1.82) is 0 Å². The van der Waals surface area contributed by atoms with E-state index >= 15 is 0 Å². The fraction of sp³-hybridized carbons (Fsp3) is 0.0400. The monoisotopic (exact) mass is 433 g/mol. The number of rotatable bonds is 6. The van der Waals surface area contributed by atoms with Crippen LogP contribution in [-0.4, -0.2) is 30.8 Å². The Kier molecular flexibility index (Phi) is 5.38. The zero-order valence-corrected chi connectivity index (χ0v) is 17.5. The number of pyridine rings is 1. The summed E-state index contributed by atoms with van der Waals surface area (Å²) in [6, 6.07) is 21.8. The average molecular weight is 433 g/mol. The molecule has 0 fully saturated rings. The number of hydrogen-bond donors (Lipinski definition) is 2. The van der Waals surface area contributed by atoms with E-state index in [1.165, 1.54) is 12.4 Å². The van der Waals surface area contributed by atoms with E-state index in [1.54, 1.807) is 6.20 Å². The summed E-state index contributed by atoms with van der Waals surface area (Å²) in [6.45, 7) is 0.493. The van der Waals surface area contributed by atoms with Crippen molar-refractivity contribution in [1.82, 2.24) is 24.9 Å². The standard InChI is InChI=1S/C25H19N7O/c26-22(33)25-28-13-17(14-29-25)23-31-20-11-6-10-19(16-7-2-1-3-8-16)21(20)24(32-23)30-15-18-9-4-5-12-27-18/h1-14H,15H2,(H2,26,33)(H,30,31,32). The number of benzene rings is 2. The summed E-state index contributed by atoms with van der Waals surface area (Å²) in [4.78, 5) is 33.3. The molecule has 8 nitrogen and oxygen atoms in total. The van der Waals surface area contributed by atoms with E-state index in [9.17, 15) is 4.79 Å². The lowest BCUT2D eigenvalue weighted by Gasteiger charge is -2.14. The Hall–Kier alpha value is -4.72. The molecule has 3 heterocycles. The van der Waals surface area contributed by atoms with Crippen molar-refractivity contribution in [3.63, 3.8) is 0 Å². The van der Waals surface area contributed by atoms with Crippen LogP contribution < -0.4 is 11.1 Å². The molecule has 0 aliphatic carbocycles. The lowest BCUT2D eigenvalue weighted by molar-refractivity contribution is 0.0990. The zero-order valence-electron chi connectivity index (χ0n) is 17.5. The summed E-state index contributed by atoms with van der Waals surface area (Å²) in [5.41, 5.74) is 9.57. The summed E-state index contributed by atoms with van der Waals surface area (Å²) < 4.78 is 0. The van der Waals surface area contributed by atoms with E-state index in [1.807, 2.05) is 48.5 Å². The predicted molar refractivity (Wildman–Crippen MR) is 126 cm³/mol. The molecule has 0 bridgehead atoms.